The van der Waals surface area contributed by atoms with Gasteiger partial charge in [0, 0.05) is 26.1 Å². The van der Waals surface area contributed by atoms with Gasteiger partial charge in [-0.15, -0.1) is 0 Å². The van der Waals surface area contributed by atoms with Crippen molar-refractivity contribution in [3.8, 4) is 0 Å². The first kappa shape index (κ1) is 135. The van der Waals surface area contributed by atoms with E-state index in [0.29, 0.717) is 51.6 Å². The Morgan fingerprint density at radius 3 is 1.01 bits per heavy atom. The van der Waals surface area contributed by atoms with Gasteiger partial charge >= 0.3 is 39.3 Å². The van der Waals surface area contributed by atoms with Crippen LogP contribution in [0.4, 0.5) is 0 Å². The van der Waals surface area contributed by atoms with Crippen molar-refractivity contribution >= 4 is 51.1 Å². The zero-order chi connectivity index (χ0) is 104. The van der Waals surface area contributed by atoms with Crippen LogP contribution in [0.25, 0.3) is 0 Å². The summed E-state index contributed by atoms with van der Waals surface area (Å²) in [6.45, 7) is 14.7. The number of unbranched alkanes of at least 4 members (excludes halogenated alkanes) is 63. The highest BCUT2D eigenvalue weighted by Crippen LogP contribution is 2.45. The summed E-state index contributed by atoms with van der Waals surface area (Å²) in [7, 11) is -10.4. The minimum atomic E-state index is -5.66. The quantitative estimate of drug-likeness (QED) is 0.00922. The van der Waals surface area contributed by atoms with Gasteiger partial charge in [-0.05, 0) is 83.5 Å². The van der Waals surface area contributed by atoms with Crippen LogP contribution in [-0.4, -0.2) is 178 Å². The number of hydrogen-bond acceptors (Lipinski definition) is 21. The molecule has 836 valence electrons. The molecule has 15 atom stereocenters. The van der Waals surface area contributed by atoms with E-state index in [2.05, 4.69) is 71.3 Å². The molecule has 0 bridgehead atoms. The number of nitrogens with one attached hydrogen (secondary N) is 2. The molecule has 0 aliphatic carbocycles. The van der Waals surface area contributed by atoms with Gasteiger partial charge in [-0.2, -0.15) is 0 Å². The third-order valence-corrected chi connectivity index (χ3v) is 29.3. The maximum Gasteiger partial charge on any atom is 0.470 e. The van der Waals surface area contributed by atoms with E-state index in [4.69, 9.17) is 46.9 Å². The minimum Gasteiger partial charge on any atom is -0.462 e. The molecule has 2 saturated heterocycles. The van der Waals surface area contributed by atoms with Gasteiger partial charge in [0.05, 0.1) is 51.1 Å². The molecule has 2 heterocycles. The summed E-state index contributed by atoms with van der Waals surface area (Å²) in [4.78, 5) is 121. The number of amides is 2. The number of aliphatic hydroxyl groups is 3. The lowest BCUT2D eigenvalue weighted by Crippen LogP contribution is -2.68. The molecule has 28 heteroatoms. The van der Waals surface area contributed by atoms with Crippen LogP contribution in [-0.2, 0) is 84.8 Å². The van der Waals surface area contributed by atoms with Gasteiger partial charge in [-0.25, -0.2) is 4.57 Å². The fourth-order valence-corrected chi connectivity index (χ4v) is 20.7. The highest BCUT2D eigenvalue weighted by atomic mass is 31.2. The van der Waals surface area contributed by atoms with Crippen LogP contribution in [0.3, 0.4) is 0 Å². The summed E-state index contributed by atoms with van der Waals surface area (Å²) >= 11 is 0. The van der Waals surface area contributed by atoms with Gasteiger partial charge in [0.1, 0.15) is 48.7 Å². The summed E-state index contributed by atoms with van der Waals surface area (Å²) in [6, 6.07) is -3.61. The highest BCUT2D eigenvalue weighted by Gasteiger charge is 2.55. The molecule has 2 aliphatic heterocycles. The molecule has 10 unspecified atom stereocenters. The summed E-state index contributed by atoms with van der Waals surface area (Å²) in [5.74, 6) is -4.50. The van der Waals surface area contributed by atoms with Crippen molar-refractivity contribution in [2.24, 2.45) is 0 Å². The van der Waals surface area contributed by atoms with Crippen LogP contribution in [0.15, 0.2) is 12.2 Å². The molecule has 2 rings (SSSR count). The van der Waals surface area contributed by atoms with E-state index in [1.165, 1.54) is 154 Å². The molecule has 0 aromatic heterocycles. The Bertz CT molecular complexity index is 3110. The van der Waals surface area contributed by atoms with Crippen LogP contribution >= 0.6 is 15.4 Å². The van der Waals surface area contributed by atoms with Crippen LogP contribution in [0.5, 0.6) is 0 Å². The van der Waals surface area contributed by atoms with Gasteiger partial charge in [0.2, 0.25) is 11.8 Å². The Balaban J connectivity index is 2.91. The third-order valence-electron chi connectivity index (χ3n) is 28.2. The van der Waals surface area contributed by atoms with Crippen LogP contribution in [0.1, 0.15) is 569 Å². The fraction of sp³-hybridized carbons (Fsp3) is 0.930. The lowest BCUT2D eigenvalue weighted by molar-refractivity contribution is -0.296. The second-order valence-corrected chi connectivity index (χ2v) is 45.0. The lowest BCUT2D eigenvalue weighted by Gasteiger charge is -2.47. The number of carbonyl (C=O) groups excluding carboxylic acids is 6. The predicted octanol–water partition coefficient (Wildman–Crippen LogP) is 28.8. The van der Waals surface area contributed by atoms with Crippen LogP contribution in [0.2, 0.25) is 0 Å². The highest BCUT2D eigenvalue weighted by molar-refractivity contribution is 7.51. The molecule has 142 heavy (non-hydrogen) atoms. The second-order valence-electron chi connectivity index (χ2n) is 42.0. The van der Waals surface area contributed by atoms with E-state index in [0.717, 1.165) is 276 Å². The molecular formula is C114H216N2O24P2. The van der Waals surface area contributed by atoms with Gasteiger partial charge < -0.3 is 78.5 Å². The number of esters is 4. The molecule has 8 N–H and O–H groups in total. The lowest BCUT2D eigenvalue weighted by atomic mass is 9.95. The first-order chi connectivity index (χ1) is 68.8. The topological polar surface area (TPSA) is 374 Å². The number of allylic oxidation sites excluding steroid dienone is 2. The smallest absolute Gasteiger partial charge is 0.462 e. The fourth-order valence-electron chi connectivity index (χ4n) is 19.5. The molecule has 0 aromatic rings. The van der Waals surface area contributed by atoms with Crippen LogP contribution in [0, 0.1) is 0 Å². The largest absolute Gasteiger partial charge is 0.470 e. The van der Waals surface area contributed by atoms with E-state index in [1.54, 1.807) is 0 Å². The Hall–Kier alpha value is -3.46. The number of phosphoric acid groups is 1. The monoisotopic (exact) mass is 2060 g/mol. The van der Waals surface area contributed by atoms with Gasteiger partial charge in [-0.1, -0.05) is 459 Å². The normalized spacial score (nSPS) is 19.6. The van der Waals surface area contributed by atoms with E-state index < -0.39 is 169 Å². The molecule has 2 amide bonds. The molecular weight excluding hydrogens is 1840 g/mol. The van der Waals surface area contributed by atoms with Crippen molar-refractivity contribution in [1.29, 1.82) is 0 Å². The molecule has 0 saturated carbocycles. The molecule has 0 aromatic carbocycles. The van der Waals surface area contributed by atoms with Crippen molar-refractivity contribution in [2.45, 2.75) is 654 Å². The maximum absolute atomic E-state index is 15.4. The molecule has 0 spiro atoms. The zero-order valence-corrected chi connectivity index (χ0v) is 93.3. The number of aliphatic hydroxyl groups excluding tert-OH is 3. The van der Waals surface area contributed by atoms with Gasteiger partial charge in [0.25, 0.3) is 0 Å². The summed E-state index contributed by atoms with van der Waals surface area (Å²) in [5.41, 5.74) is 0. The number of phosphoric ester groups is 1. The van der Waals surface area contributed by atoms with E-state index in [9.17, 15) is 53.5 Å². The SMILES string of the molecule is CCCCCC/C=C\CCCCCCCCOC(CCCCCCCCCCC)CC(=O)NC1[C@H](OCC2OC(OP(C)(=O)O)C(NC(=O)CC(CCCCCCCCCCC)OC(=O)CCCCCCCCCCCCCCC)[C@@H](OC(=O)CC(O)CCCCCCCCCCC)[C@@H]2O)OC(CO)[C@@H](OP(=O)(O)O)[C@@H]1OC(=O)CC(CCCCCCCCCCC)OC(=O)CCCCCCCCCCCC. The number of rotatable bonds is 102. The Morgan fingerprint density at radius 1 is 0.338 bits per heavy atom. The van der Waals surface area contributed by atoms with Crippen molar-refractivity contribution in [1.82, 2.24) is 10.6 Å². The first-order valence-corrected chi connectivity index (χ1v) is 62.7. The average molecular weight is 2060 g/mol. The third kappa shape index (κ3) is 76.1. The Labute approximate surface area is 864 Å². The second kappa shape index (κ2) is 92.5. The van der Waals surface area contributed by atoms with Gasteiger partial charge in [-0.3, -0.25) is 42.4 Å². The summed E-state index contributed by atoms with van der Waals surface area (Å²) in [5, 5.41) is 41.6. The van der Waals surface area contributed by atoms with E-state index in [-0.39, 0.29) is 32.1 Å². The molecule has 2 fully saturated rings. The van der Waals surface area contributed by atoms with E-state index in [1.807, 2.05) is 0 Å². The van der Waals surface area contributed by atoms with Crippen molar-refractivity contribution in [3.05, 3.63) is 12.2 Å². The molecule has 2 aliphatic rings. The number of hydrogen-bond donors (Lipinski definition) is 8. The predicted molar refractivity (Wildman–Crippen MR) is 572 cm³/mol. The maximum atomic E-state index is 15.4. The number of carbonyl (C=O) groups is 6. The van der Waals surface area contributed by atoms with Crippen LogP contribution < -0.4 is 10.6 Å². The van der Waals surface area contributed by atoms with Gasteiger partial charge in [0.15, 0.2) is 24.8 Å². The standard InChI is InChI=1S/C114H216N2O24P2/c1-9-16-23-30-37-44-47-49-51-53-60-67-74-81-88-131-96(83-76-69-62-55-41-34-27-20-13-5)90-101(119)116-108-112(138-106(124)92-98(85-78-71-64-57-43-36-29-22-15-7)134-104(122)87-80-73-65-58-46-39-32-25-18-11-3)110(139-142(128,129)130)99(93-117)135-113(108)132-94-100-109(125)111(137-105(123)89-95(118)82-75-68-61-54-40-33-26-19-12-4)107(114(136-100)140-141(8,126)127)115-102(120)91-97(84-77-70-63-56-42-35-28-21-14-6)133-103(121)86-79-72-66-59-52-50-48-45-38-31-24-17-10-2/h44,47,95-100,107-114,117-118,125H,9-43,45-46,48-94H2,1-8H3,(H,115,120)(H,116,119)(H,126,127)(H2,128,129,130)/b47-44-/t95?,96?,97?,98?,99?,100?,107?,108?,109-,110-,111-,112-,113-,114?/m1/s1. The zero-order valence-electron chi connectivity index (χ0n) is 91.6. The summed E-state index contributed by atoms with van der Waals surface area (Å²) in [6.07, 6.45) is 59.8. The Kier molecular flexibility index (Phi) is 87.6. The van der Waals surface area contributed by atoms with Crippen molar-refractivity contribution < 1.29 is 115 Å². The van der Waals surface area contributed by atoms with E-state index >= 15 is 14.4 Å². The molecule has 0 radical (unpaired) electrons. The Morgan fingerprint density at radius 2 is 0.641 bits per heavy atom. The summed E-state index contributed by atoms with van der Waals surface area (Å²) < 4.78 is 89.7. The van der Waals surface area contributed by atoms with Crippen molar-refractivity contribution in [2.75, 3.05) is 26.5 Å². The average Bonchev–Trinajstić information content (AvgIpc) is 0.775. The first-order valence-electron chi connectivity index (χ1n) is 59.1. The number of ether oxygens (including phenoxy) is 8. The minimum absolute atomic E-state index is 0.105. The van der Waals surface area contributed by atoms with Crippen molar-refractivity contribution in [3.63, 3.8) is 0 Å². The molecule has 26 nitrogen and oxygen atoms in total.